The number of nitrogens with zero attached hydrogens (tertiary/aromatic N) is 2. The summed E-state index contributed by atoms with van der Waals surface area (Å²) in [5, 5.41) is 22.9. The minimum atomic E-state index is -4.22. The number of amides is 1. The van der Waals surface area contributed by atoms with Gasteiger partial charge in [-0.1, -0.05) is 30.3 Å². The van der Waals surface area contributed by atoms with E-state index in [1.165, 1.54) is 54.0 Å². The zero-order chi connectivity index (χ0) is 19.4. The molecular formula is C16H13N3O7S. The molecule has 10 nitrogen and oxygen atoms in total. The van der Waals surface area contributed by atoms with Crippen LogP contribution >= 0.6 is 0 Å². The molecule has 1 amide bonds. The van der Waals surface area contributed by atoms with Crippen LogP contribution in [0.25, 0.3) is 0 Å². The van der Waals surface area contributed by atoms with Crippen LogP contribution in [-0.2, 0) is 21.1 Å². The van der Waals surface area contributed by atoms with E-state index in [9.17, 15) is 18.4 Å². The predicted molar refractivity (Wildman–Crippen MR) is 87.5 cm³/mol. The first-order valence-electron chi connectivity index (χ1n) is 7.51. The molecule has 0 atom stereocenters. The summed E-state index contributed by atoms with van der Waals surface area (Å²) in [6.07, 6.45) is -0.0606. The summed E-state index contributed by atoms with van der Waals surface area (Å²) in [5.41, 5.74) is 2.09. The van der Waals surface area contributed by atoms with Gasteiger partial charge < -0.3 is 9.94 Å². The van der Waals surface area contributed by atoms with E-state index in [4.69, 9.17) is 9.94 Å². The Kier molecular flexibility index (Phi) is 5.05. The van der Waals surface area contributed by atoms with Crippen molar-refractivity contribution < 1.29 is 32.7 Å². The van der Waals surface area contributed by atoms with E-state index in [0.717, 1.165) is 0 Å². The molecule has 11 heteroatoms. The average Bonchev–Trinajstić information content (AvgIpc) is 3.04. The molecule has 1 aromatic heterocycles. The summed E-state index contributed by atoms with van der Waals surface area (Å²) in [6.45, 7) is 0. The molecule has 0 saturated carbocycles. The smallest absolute Gasteiger partial charge is 0.415 e. The Morgan fingerprint density at radius 2 is 1.85 bits per heavy atom. The maximum Gasteiger partial charge on any atom is 0.420 e. The Morgan fingerprint density at radius 1 is 1.19 bits per heavy atom. The van der Waals surface area contributed by atoms with Gasteiger partial charge in [0.2, 0.25) is 5.91 Å². The van der Waals surface area contributed by atoms with Crippen LogP contribution in [0.1, 0.15) is 5.56 Å². The van der Waals surface area contributed by atoms with E-state index in [2.05, 4.69) is 9.79 Å². The minimum absolute atomic E-state index is 0.0606. The second-order valence-corrected chi connectivity index (χ2v) is 7.18. The highest BCUT2D eigenvalue weighted by Crippen LogP contribution is 2.28. The van der Waals surface area contributed by atoms with Gasteiger partial charge in [-0.25, -0.2) is 13.9 Å². The lowest BCUT2D eigenvalue weighted by Gasteiger charge is -2.04. The van der Waals surface area contributed by atoms with E-state index in [-0.39, 0.29) is 22.0 Å². The summed E-state index contributed by atoms with van der Waals surface area (Å²) < 4.78 is 35.1. The van der Waals surface area contributed by atoms with Crippen molar-refractivity contribution in [3.05, 3.63) is 65.4 Å². The largest absolute Gasteiger partial charge is 0.420 e. The lowest BCUT2D eigenvalue weighted by molar-refractivity contribution is -0.832. The topological polar surface area (TPSA) is 146 Å². The fraction of sp³-hybridized carbons (Fsp3) is 0.0625. The molecule has 1 heterocycles. The highest BCUT2D eigenvalue weighted by Gasteiger charge is 2.36. The first kappa shape index (κ1) is 18.4. The Labute approximate surface area is 153 Å². The molecule has 2 N–H and O–H groups in total. The highest BCUT2D eigenvalue weighted by molar-refractivity contribution is 7.91. The fourth-order valence-electron chi connectivity index (χ4n) is 2.23. The zero-order valence-corrected chi connectivity index (χ0v) is 14.4. The van der Waals surface area contributed by atoms with Crippen molar-refractivity contribution in [2.24, 2.45) is 0 Å². The summed E-state index contributed by atoms with van der Waals surface area (Å²) >= 11 is 0. The maximum atomic E-state index is 12.7. The molecule has 0 fully saturated rings. The Morgan fingerprint density at radius 3 is 2.48 bits per heavy atom. The molecule has 0 spiro atoms. The number of carbonyl (C=O) groups is 1. The van der Waals surface area contributed by atoms with Crippen LogP contribution in [-0.4, -0.2) is 24.7 Å². The zero-order valence-electron chi connectivity index (χ0n) is 13.6. The Hall–Kier alpha value is -3.44. The predicted octanol–water partition coefficient (Wildman–Crippen LogP) is 0.981. The van der Waals surface area contributed by atoms with E-state index in [0.29, 0.717) is 5.56 Å². The van der Waals surface area contributed by atoms with Crippen molar-refractivity contribution in [2.45, 2.75) is 16.3 Å². The van der Waals surface area contributed by atoms with Crippen LogP contribution in [0, 0.1) is 5.21 Å². The van der Waals surface area contributed by atoms with Gasteiger partial charge >= 0.3 is 10.9 Å². The maximum absolute atomic E-state index is 12.7. The molecule has 0 aliphatic rings. The van der Waals surface area contributed by atoms with E-state index in [1.54, 1.807) is 6.07 Å². The molecule has 27 heavy (non-hydrogen) atoms. The first-order valence-corrected chi connectivity index (χ1v) is 8.99. The number of carbonyl (C=O) groups excluding carboxylic acids is 1. The molecule has 0 aliphatic heterocycles. The van der Waals surface area contributed by atoms with Crippen molar-refractivity contribution in [1.29, 1.82) is 0 Å². The lowest BCUT2D eigenvalue weighted by Crippen LogP contribution is -2.30. The third kappa shape index (κ3) is 3.88. The number of hydrogen-bond acceptors (Lipinski definition) is 8. The summed E-state index contributed by atoms with van der Waals surface area (Å²) in [7, 11) is -4.22. The van der Waals surface area contributed by atoms with Gasteiger partial charge in [0.05, 0.1) is 16.5 Å². The second-order valence-electron chi connectivity index (χ2n) is 5.31. The van der Waals surface area contributed by atoms with Crippen molar-refractivity contribution in [1.82, 2.24) is 10.6 Å². The van der Waals surface area contributed by atoms with Crippen LogP contribution in [0.5, 0.6) is 11.6 Å². The molecule has 2 aromatic carbocycles. The number of hydrogen-bond donors (Lipinski definition) is 2. The number of sulfone groups is 1. The monoisotopic (exact) mass is 391 g/mol. The summed E-state index contributed by atoms with van der Waals surface area (Å²) in [5.74, 6) is -0.944. The van der Waals surface area contributed by atoms with E-state index >= 15 is 0 Å². The van der Waals surface area contributed by atoms with Crippen LogP contribution in [0.3, 0.4) is 0 Å². The highest BCUT2D eigenvalue weighted by atomic mass is 32.2. The molecule has 0 bridgehead atoms. The van der Waals surface area contributed by atoms with Gasteiger partial charge in [-0.3, -0.25) is 14.6 Å². The SMILES string of the molecule is O=C(Cc1ccc(Oc2no[n+]([O-])c2S(=O)(=O)c2ccccc2)cc1)NO. The molecule has 0 saturated heterocycles. The van der Waals surface area contributed by atoms with Gasteiger partial charge in [0.1, 0.15) is 5.75 Å². The minimum Gasteiger partial charge on any atom is -0.415 e. The molecule has 0 unspecified atom stereocenters. The van der Waals surface area contributed by atoms with Gasteiger partial charge in [-0.05, 0) is 34.7 Å². The van der Waals surface area contributed by atoms with Gasteiger partial charge in [-0.15, -0.1) is 0 Å². The van der Waals surface area contributed by atoms with Crippen LogP contribution in [0.2, 0.25) is 0 Å². The van der Waals surface area contributed by atoms with Gasteiger partial charge in [0.15, 0.2) is 0 Å². The van der Waals surface area contributed by atoms with Gasteiger partial charge in [0, 0.05) is 0 Å². The standard InChI is InChI=1S/C16H13N3O7S/c20-14(17-21)10-11-6-8-12(9-7-11)25-15-16(19(22)26-18-15)27(23,24)13-4-2-1-3-5-13/h1-9,21H,10H2,(H,17,20). The van der Waals surface area contributed by atoms with Crippen LogP contribution in [0.4, 0.5) is 0 Å². The van der Waals surface area contributed by atoms with Crippen molar-refractivity contribution in [3.63, 3.8) is 0 Å². The number of aromatic nitrogens is 2. The number of rotatable bonds is 6. The molecular weight excluding hydrogens is 378 g/mol. The molecule has 140 valence electrons. The fourth-order valence-corrected chi connectivity index (χ4v) is 3.50. The first-order chi connectivity index (χ1) is 12.9. The average molecular weight is 391 g/mol. The van der Waals surface area contributed by atoms with Crippen molar-refractivity contribution in [2.75, 3.05) is 0 Å². The third-order valence-electron chi connectivity index (χ3n) is 3.48. The normalized spacial score (nSPS) is 11.1. The van der Waals surface area contributed by atoms with Crippen molar-refractivity contribution in [3.8, 4) is 11.6 Å². The van der Waals surface area contributed by atoms with Gasteiger partial charge in [0.25, 0.3) is 9.84 Å². The second kappa shape index (κ2) is 7.43. The third-order valence-corrected chi connectivity index (χ3v) is 5.21. The molecule has 0 radical (unpaired) electrons. The summed E-state index contributed by atoms with van der Waals surface area (Å²) in [6, 6.07) is 13.3. The molecule has 3 rings (SSSR count). The van der Waals surface area contributed by atoms with E-state index < -0.39 is 26.7 Å². The van der Waals surface area contributed by atoms with Gasteiger partial charge in [-0.2, -0.15) is 0 Å². The number of hydroxylamine groups is 1. The number of benzene rings is 2. The van der Waals surface area contributed by atoms with Crippen LogP contribution in [0.15, 0.2) is 69.1 Å². The molecule has 3 aromatic rings. The lowest BCUT2D eigenvalue weighted by atomic mass is 10.1. The van der Waals surface area contributed by atoms with Crippen LogP contribution < -0.4 is 15.1 Å². The quantitative estimate of drug-likeness (QED) is 0.359. The molecule has 0 aliphatic carbocycles. The Balaban J connectivity index is 1.89. The van der Waals surface area contributed by atoms with E-state index in [1.807, 2.05) is 0 Å². The Bertz CT molecular complexity index is 1050. The summed E-state index contributed by atoms with van der Waals surface area (Å²) in [4.78, 5) is 10.8. The van der Waals surface area contributed by atoms with Crippen molar-refractivity contribution >= 4 is 15.7 Å². The number of ether oxygens (including phenoxy) is 1. The number of nitrogens with one attached hydrogen (secondary N) is 1.